The maximum absolute atomic E-state index is 13.9. The van der Waals surface area contributed by atoms with Crippen molar-refractivity contribution in [2.75, 3.05) is 18.4 Å². The minimum Gasteiger partial charge on any atom is -0.329 e. The molecule has 0 saturated heterocycles. The van der Waals surface area contributed by atoms with Crippen LogP contribution in [0.15, 0.2) is 30.5 Å². The number of nitrogens with zero attached hydrogens (tertiary/aromatic N) is 2. The number of anilines is 1. The first-order chi connectivity index (χ1) is 11.5. The van der Waals surface area contributed by atoms with Gasteiger partial charge in [0.05, 0.1) is 5.56 Å². The summed E-state index contributed by atoms with van der Waals surface area (Å²) in [4.78, 5) is 31.3. The molecule has 7 heteroatoms. The molecule has 2 amide bonds. The number of halogens is 1. The van der Waals surface area contributed by atoms with Gasteiger partial charge < -0.3 is 10.2 Å². The van der Waals surface area contributed by atoms with E-state index in [1.165, 1.54) is 34.4 Å². The highest BCUT2D eigenvalue weighted by Gasteiger charge is 2.29. The van der Waals surface area contributed by atoms with Gasteiger partial charge in [-0.2, -0.15) is 0 Å². The third kappa shape index (κ3) is 4.17. The second-order valence-electron chi connectivity index (χ2n) is 5.93. The average molecular weight is 347 g/mol. The standard InChI is InChI=1S/C17H18FN3O2S/c1-11-8-19-17(24-11)20-15(22)10-21(9-12-6-7-12)16(23)13-4-2-3-5-14(13)18/h2-5,8,12H,6-7,9-10H2,1H3,(H,19,20,22). The van der Waals surface area contributed by atoms with Gasteiger partial charge in [-0.05, 0) is 37.8 Å². The zero-order valence-electron chi connectivity index (χ0n) is 13.3. The summed E-state index contributed by atoms with van der Waals surface area (Å²) in [6.07, 6.45) is 3.75. The molecule has 0 spiro atoms. The number of hydrogen-bond acceptors (Lipinski definition) is 4. The van der Waals surface area contributed by atoms with Crippen LogP contribution < -0.4 is 5.32 Å². The molecule has 1 N–H and O–H groups in total. The van der Waals surface area contributed by atoms with E-state index in [0.29, 0.717) is 17.6 Å². The Labute approximate surface area is 143 Å². The minimum atomic E-state index is -0.570. The van der Waals surface area contributed by atoms with Gasteiger partial charge in [0, 0.05) is 17.6 Å². The Morgan fingerprint density at radius 1 is 1.38 bits per heavy atom. The molecule has 0 radical (unpaired) electrons. The van der Waals surface area contributed by atoms with Gasteiger partial charge in [0.15, 0.2) is 5.13 Å². The van der Waals surface area contributed by atoms with E-state index >= 15 is 0 Å². The fourth-order valence-corrected chi connectivity index (χ4v) is 3.06. The number of benzene rings is 1. The molecule has 2 aromatic rings. The van der Waals surface area contributed by atoms with Gasteiger partial charge >= 0.3 is 0 Å². The summed E-state index contributed by atoms with van der Waals surface area (Å²) in [5.74, 6) is -0.949. The lowest BCUT2D eigenvalue weighted by atomic mass is 10.1. The van der Waals surface area contributed by atoms with Crippen molar-refractivity contribution in [2.24, 2.45) is 5.92 Å². The van der Waals surface area contributed by atoms with Crippen molar-refractivity contribution in [3.05, 3.63) is 46.7 Å². The van der Waals surface area contributed by atoms with Crippen LogP contribution in [0.1, 0.15) is 28.1 Å². The van der Waals surface area contributed by atoms with E-state index in [4.69, 9.17) is 0 Å². The number of aryl methyl sites for hydroxylation is 1. The summed E-state index contributed by atoms with van der Waals surface area (Å²) < 4.78 is 13.9. The fraction of sp³-hybridized carbons (Fsp3) is 0.353. The highest BCUT2D eigenvalue weighted by atomic mass is 32.1. The molecule has 126 valence electrons. The van der Waals surface area contributed by atoms with Gasteiger partial charge in [-0.25, -0.2) is 9.37 Å². The Balaban J connectivity index is 1.70. The predicted octanol–water partition coefficient (Wildman–Crippen LogP) is 3.08. The average Bonchev–Trinajstić information content (AvgIpc) is 3.27. The summed E-state index contributed by atoms with van der Waals surface area (Å²) in [5.41, 5.74) is -0.00366. The van der Waals surface area contributed by atoms with Crippen molar-refractivity contribution in [3.63, 3.8) is 0 Å². The van der Waals surface area contributed by atoms with Gasteiger partial charge in [0.1, 0.15) is 12.4 Å². The van der Waals surface area contributed by atoms with E-state index in [2.05, 4.69) is 10.3 Å². The number of carbonyl (C=O) groups is 2. The van der Waals surface area contributed by atoms with Crippen LogP contribution in [0.3, 0.4) is 0 Å². The van der Waals surface area contributed by atoms with E-state index in [-0.39, 0.29) is 18.0 Å². The molecule has 0 aliphatic heterocycles. The van der Waals surface area contributed by atoms with Crippen LogP contribution in [-0.2, 0) is 4.79 Å². The molecule has 1 aromatic carbocycles. The summed E-state index contributed by atoms with van der Waals surface area (Å²) in [6, 6.07) is 5.85. The van der Waals surface area contributed by atoms with Gasteiger partial charge in [0.25, 0.3) is 5.91 Å². The Hall–Kier alpha value is -2.28. The van der Waals surface area contributed by atoms with Crippen LogP contribution in [0, 0.1) is 18.7 Å². The molecule has 5 nitrogen and oxygen atoms in total. The molecule has 1 aromatic heterocycles. The Kier molecular flexibility index (Phi) is 4.89. The summed E-state index contributed by atoms with van der Waals surface area (Å²) in [7, 11) is 0. The lowest BCUT2D eigenvalue weighted by Gasteiger charge is -2.22. The Morgan fingerprint density at radius 2 is 2.12 bits per heavy atom. The Morgan fingerprint density at radius 3 is 2.75 bits per heavy atom. The van der Waals surface area contributed by atoms with Crippen molar-refractivity contribution < 1.29 is 14.0 Å². The van der Waals surface area contributed by atoms with Crippen LogP contribution in [0.2, 0.25) is 0 Å². The first kappa shape index (κ1) is 16.6. The summed E-state index contributed by atoms with van der Waals surface area (Å²) >= 11 is 1.37. The molecular formula is C17H18FN3O2S. The molecule has 1 aliphatic rings. The fourth-order valence-electron chi connectivity index (χ4n) is 2.38. The van der Waals surface area contributed by atoms with Crippen molar-refractivity contribution >= 4 is 28.3 Å². The minimum absolute atomic E-state index is 0.00366. The summed E-state index contributed by atoms with van der Waals surface area (Å²) in [5, 5.41) is 3.19. The molecule has 1 fully saturated rings. The zero-order valence-corrected chi connectivity index (χ0v) is 14.1. The van der Waals surface area contributed by atoms with Crippen LogP contribution in [0.25, 0.3) is 0 Å². The topological polar surface area (TPSA) is 62.3 Å². The molecule has 1 saturated carbocycles. The smallest absolute Gasteiger partial charge is 0.257 e. The third-order valence-electron chi connectivity index (χ3n) is 3.77. The van der Waals surface area contributed by atoms with Gasteiger partial charge in [0.2, 0.25) is 5.91 Å². The first-order valence-electron chi connectivity index (χ1n) is 7.79. The van der Waals surface area contributed by atoms with Crippen molar-refractivity contribution in [2.45, 2.75) is 19.8 Å². The number of aromatic nitrogens is 1. The monoisotopic (exact) mass is 347 g/mol. The summed E-state index contributed by atoms with van der Waals surface area (Å²) in [6.45, 7) is 2.26. The number of nitrogens with one attached hydrogen (secondary N) is 1. The molecule has 0 atom stereocenters. The molecule has 0 unspecified atom stereocenters. The SMILES string of the molecule is Cc1cnc(NC(=O)CN(CC2CC2)C(=O)c2ccccc2F)s1. The molecule has 3 rings (SSSR count). The molecular weight excluding hydrogens is 329 g/mol. The van der Waals surface area contributed by atoms with Crippen LogP contribution in [0.4, 0.5) is 9.52 Å². The highest BCUT2D eigenvalue weighted by Crippen LogP contribution is 2.30. The number of thiazole rings is 1. The van der Waals surface area contributed by atoms with E-state index in [1.54, 1.807) is 12.3 Å². The van der Waals surface area contributed by atoms with Crippen LogP contribution in [0.5, 0.6) is 0 Å². The maximum atomic E-state index is 13.9. The predicted molar refractivity (Wildman–Crippen MR) is 90.5 cm³/mol. The largest absolute Gasteiger partial charge is 0.329 e. The van der Waals surface area contributed by atoms with Gasteiger partial charge in [-0.1, -0.05) is 12.1 Å². The number of amides is 2. The van der Waals surface area contributed by atoms with Crippen molar-refractivity contribution in [3.8, 4) is 0 Å². The lowest BCUT2D eigenvalue weighted by Crippen LogP contribution is -2.39. The molecule has 0 bridgehead atoms. The lowest BCUT2D eigenvalue weighted by molar-refractivity contribution is -0.116. The van der Waals surface area contributed by atoms with Crippen molar-refractivity contribution in [1.82, 2.24) is 9.88 Å². The molecule has 1 heterocycles. The normalized spacial score (nSPS) is 13.6. The number of rotatable bonds is 6. The van der Waals surface area contributed by atoms with E-state index in [1.807, 2.05) is 6.92 Å². The molecule has 1 aliphatic carbocycles. The molecule has 24 heavy (non-hydrogen) atoms. The van der Waals surface area contributed by atoms with Crippen molar-refractivity contribution in [1.29, 1.82) is 0 Å². The van der Waals surface area contributed by atoms with Crippen LogP contribution >= 0.6 is 11.3 Å². The zero-order chi connectivity index (χ0) is 17.1. The number of hydrogen-bond donors (Lipinski definition) is 1. The third-order valence-corrected chi connectivity index (χ3v) is 4.60. The van der Waals surface area contributed by atoms with Gasteiger partial charge in [-0.3, -0.25) is 9.59 Å². The van der Waals surface area contributed by atoms with E-state index < -0.39 is 11.7 Å². The Bertz CT molecular complexity index is 758. The first-order valence-corrected chi connectivity index (χ1v) is 8.60. The number of carbonyl (C=O) groups excluding carboxylic acids is 2. The maximum Gasteiger partial charge on any atom is 0.257 e. The van der Waals surface area contributed by atoms with E-state index in [9.17, 15) is 14.0 Å². The second-order valence-corrected chi connectivity index (χ2v) is 7.17. The highest BCUT2D eigenvalue weighted by molar-refractivity contribution is 7.15. The second kappa shape index (κ2) is 7.09. The van der Waals surface area contributed by atoms with Gasteiger partial charge in [-0.15, -0.1) is 11.3 Å². The quantitative estimate of drug-likeness (QED) is 0.873. The van der Waals surface area contributed by atoms with E-state index in [0.717, 1.165) is 17.7 Å². The van der Waals surface area contributed by atoms with Crippen LogP contribution in [-0.4, -0.2) is 34.8 Å².